The molecular weight excluding hydrogens is 390 g/mol. The summed E-state index contributed by atoms with van der Waals surface area (Å²) in [6.07, 6.45) is 2.17. The Morgan fingerprint density at radius 1 is 1.17 bits per heavy atom. The molecule has 2 fully saturated rings. The topological polar surface area (TPSA) is 83.5 Å². The molecule has 162 valence electrons. The average Bonchev–Trinajstić information content (AvgIpc) is 2.78. The molecule has 0 N–H and O–H groups in total. The van der Waals surface area contributed by atoms with E-state index >= 15 is 0 Å². The maximum Gasteiger partial charge on any atom is 0.410 e. The van der Waals surface area contributed by atoms with Gasteiger partial charge in [-0.05, 0) is 31.9 Å². The second-order valence-corrected chi connectivity index (χ2v) is 7.53. The zero-order chi connectivity index (χ0) is 20.9. The third kappa shape index (κ3) is 4.53. The zero-order valence-electron chi connectivity index (χ0n) is 17.1. The molecule has 1 aromatic carbocycles. The van der Waals surface area contributed by atoms with Crippen molar-refractivity contribution < 1.29 is 33.3 Å². The Balaban J connectivity index is 1.36. The number of hydrogen-bond donors (Lipinski definition) is 0. The third-order valence-electron chi connectivity index (χ3n) is 5.58. The number of fused-ring (bicyclic) bond motifs is 1. The van der Waals surface area contributed by atoms with Crippen molar-refractivity contribution in [3.63, 3.8) is 0 Å². The molecule has 1 saturated carbocycles. The Labute approximate surface area is 175 Å². The molecule has 0 aromatic heterocycles. The first kappa shape index (κ1) is 20.5. The van der Waals surface area contributed by atoms with Gasteiger partial charge in [0.25, 0.3) is 0 Å². The van der Waals surface area contributed by atoms with Crippen molar-refractivity contribution in [1.82, 2.24) is 4.90 Å². The molecule has 1 amide bonds. The fraction of sp³-hybridized carbons (Fsp3) is 0.545. The molecule has 8 nitrogen and oxygen atoms in total. The van der Waals surface area contributed by atoms with Crippen LogP contribution < -0.4 is 9.47 Å². The van der Waals surface area contributed by atoms with Gasteiger partial charge in [0.1, 0.15) is 18.5 Å². The molecule has 2 heterocycles. The van der Waals surface area contributed by atoms with Crippen LogP contribution in [0.25, 0.3) is 0 Å². The molecule has 1 saturated heterocycles. The summed E-state index contributed by atoms with van der Waals surface area (Å²) >= 11 is 0. The Kier molecular flexibility index (Phi) is 6.42. The number of para-hydroxylation sites is 2. The molecule has 1 aromatic rings. The predicted molar refractivity (Wildman–Crippen MR) is 106 cm³/mol. The highest BCUT2D eigenvalue weighted by Gasteiger charge is 2.42. The highest BCUT2D eigenvalue weighted by molar-refractivity contribution is 5.96. The third-order valence-corrected chi connectivity index (χ3v) is 5.58. The maximum absolute atomic E-state index is 13.0. The van der Waals surface area contributed by atoms with Crippen LogP contribution in [-0.4, -0.2) is 61.9 Å². The molecule has 3 atom stereocenters. The van der Waals surface area contributed by atoms with E-state index in [-0.39, 0.29) is 35.8 Å². The lowest BCUT2D eigenvalue weighted by molar-refractivity contribution is -0.132. The van der Waals surface area contributed by atoms with Gasteiger partial charge in [-0.15, -0.1) is 0 Å². The van der Waals surface area contributed by atoms with Crippen molar-refractivity contribution in [2.75, 3.05) is 32.9 Å². The van der Waals surface area contributed by atoms with Gasteiger partial charge in [-0.1, -0.05) is 12.1 Å². The summed E-state index contributed by atoms with van der Waals surface area (Å²) in [5.74, 6) is 0.842. The van der Waals surface area contributed by atoms with Gasteiger partial charge < -0.3 is 28.6 Å². The van der Waals surface area contributed by atoms with Gasteiger partial charge in [-0.2, -0.15) is 0 Å². The number of ether oxygens (including phenoxy) is 5. The number of morpholine rings is 1. The molecule has 30 heavy (non-hydrogen) atoms. The van der Waals surface area contributed by atoms with Crippen molar-refractivity contribution in [3.8, 4) is 11.5 Å². The van der Waals surface area contributed by atoms with Gasteiger partial charge in [-0.3, -0.25) is 4.79 Å². The number of carbonyl (C=O) groups is 2. The second kappa shape index (κ2) is 9.38. The smallest absolute Gasteiger partial charge is 0.410 e. The van der Waals surface area contributed by atoms with Crippen LogP contribution in [0.3, 0.4) is 0 Å². The largest absolute Gasteiger partial charge is 0.493 e. The standard InChI is InChI=1S/C22H27NO7/c1-2-27-17-5-3-4-6-18(17)30-20-14-28-19-13-15(7-8-16(19)21(20)24)29-22(25)23-9-11-26-12-10-23/h3-6,14-16,19H,2,7-13H2,1H3. The molecule has 2 aliphatic heterocycles. The summed E-state index contributed by atoms with van der Waals surface area (Å²) < 4.78 is 28.1. The van der Waals surface area contributed by atoms with Crippen LogP contribution in [0.4, 0.5) is 4.79 Å². The number of amides is 1. The fourth-order valence-electron chi connectivity index (χ4n) is 4.01. The van der Waals surface area contributed by atoms with Gasteiger partial charge >= 0.3 is 6.09 Å². The minimum atomic E-state index is -0.323. The first-order chi connectivity index (χ1) is 14.7. The van der Waals surface area contributed by atoms with Crippen molar-refractivity contribution in [2.45, 2.75) is 38.4 Å². The summed E-state index contributed by atoms with van der Waals surface area (Å²) in [7, 11) is 0. The monoisotopic (exact) mass is 417 g/mol. The Hall–Kier alpha value is -2.74. The van der Waals surface area contributed by atoms with E-state index in [1.54, 1.807) is 17.0 Å². The van der Waals surface area contributed by atoms with Crippen molar-refractivity contribution in [3.05, 3.63) is 36.3 Å². The van der Waals surface area contributed by atoms with Crippen molar-refractivity contribution in [1.29, 1.82) is 0 Å². The van der Waals surface area contributed by atoms with E-state index in [1.165, 1.54) is 6.26 Å². The van der Waals surface area contributed by atoms with Gasteiger partial charge in [0.05, 0.1) is 25.7 Å². The molecule has 4 rings (SSSR count). The number of carbonyl (C=O) groups excluding carboxylic acids is 2. The van der Waals surface area contributed by atoms with E-state index in [1.807, 2.05) is 19.1 Å². The molecule has 3 aliphatic rings. The van der Waals surface area contributed by atoms with E-state index in [2.05, 4.69) is 0 Å². The first-order valence-electron chi connectivity index (χ1n) is 10.5. The molecule has 1 aliphatic carbocycles. The number of rotatable bonds is 5. The van der Waals surface area contributed by atoms with E-state index in [4.69, 9.17) is 23.7 Å². The molecule has 0 bridgehead atoms. The van der Waals surface area contributed by atoms with Gasteiger partial charge in [0.2, 0.25) is 11.5 Å². The zero-order valence-corrected chi connectivity index (χ0v) is 17.1. The van der Waals surface area contributed by atoms with Crippen LogP contribution >= 0.6 is 0 Å². The minimum absolute atomic E-state index is 0.0875. The molecular formula is C22H27NO7. The van der Waals surface area contributed by atoms with Gasteiger partial charge in [-0.25, -0.2) is 4.79 Å². The van der Waals surface area contributed by atoms with Gasteiger partial charge in [0, 0.05) is 19.5 Å². The highest BCUT2D eigenvalue weighted by Crippen LogP contribution is 2.36. The molecule has 0 radical (unpaired) electrons. The highest BCUT2D eigenvalue weighted by atomic mass is 16.6. The fourth-order valence-corrected chi connectivity index (χ4v) is 4.01. The minimum Gasteiger partial charge on any atom is -0.493 e. The molecule has 3 unspecified atom stereocenters. The number of benzene rings is 1. The summed E-state index contributed by atoms with van der Waals surface area (Å²) in [6, 6.07) is 7.22. The maximum atomic E-state index is 13.0. The molecule has 0 spiro atoms. The van der Waals surface area contributed by atoms with Crippen LogP contribution in [0.15, 0.2) is 36.3 Å². The summed E-state index contributed by atoms with van der Waals surface area (Å²) in [5.41, 5.74) is 0. The Morgan fingerprint density at radius 3 is 2.70 bits per heavy atom. The second-order valence-electron chi connectivity index (χ2n) is 7.53. The number of hydrogen-bond acceptors (Lipinski definition) is 7. The number of ketones is 1. The number of nitrogens with zero attached hydrogens (tertiary/aromatic N) is 1. The SMILES string of the molecule is CCOc1ccccc1OC1=COC2CC(OC(=O)N3CCOCC3)CCC2C1=O. The number of allylic oxidation sites excluding steroid dienone is 1. The van der Waals surface area contributed by atoms with E-state index in [9.17, 15) is 9.59 Å². The Morgan fingerprint density at radius 2 is 1.93 bits per heavy atom. The van der Waals surface area contributed by atoms with E-state index < -0.39 is 0 Å². The molecule has 8 heteroatoms. The van der Waals surface area contributed by atoms with Gasteiger partial charge in [0.15, 0.2) is 11.5 Å². The normalized spacial score (nSPS) is 26.2. The number of Topliss-reactive ketones (excluding diaryl/α,β-unsaturated/α-hetero) is 1. The summed E-state index contributed by atoms with van der Waals surface area (Å²) in [6.45, 7) is 4.53. The van der Waals surface area contributed by atoms with Crippen molar-refractivity contribution in [2.24, 2.45) is 5.92 Å². The lowest BCUT2D eigenvalue weighted by Crippen LogP contribution is -2.46. The summed E-state index contributed by atoms with van der Waals surface area (Å²) in [4.78, 5) is 27.0. The van der Waals surface area contributed by atoms with E-state index in [0.29, 0.717) is 63.7 Å². The lowest BCUT2D eigenvalue weighted by atomic mass is 9.80. The van der Waals surface area contributed by atoms with Crippen LogP contribution in [0, 0.1) is 5.92 Å². The van der Waals surface area contributed by atoms with Crippen LogP contribution in [0.1, 0.15) is 26.2 Å². The lowest BCUT2D eigenvalue weighted by Gasteiger charge is -2.37. The predicted octanol–water partition coefficient (Wildman–Crippen LogP) is 2.91. The summed E-state index contributed by atoms with van der Waals surface area (Å²) in [5, 5.41) is 0. The van der Waals surface area contributed by atoms with Crippen LogP contribution in [0.2, 0.25) is 0 Å². The van der Waals surface area contributed by atoms with E-state index in [0.717, 1.165) is 0 Å². The quantitative estimate of drug-likeness (QED) is 0.728. The Bertz CT molecular complexity index is 802. The van der Waals surface area contributed by atoms with Crippen LogP contribution in [0.5, 0.6) is 11.5 Å². The average molecular weight is 417 g/mol. The first-order valence-corrected chi connectivity index (χ1v) is 10.5. The van der Waals surface area contributed by atoms with Crippen LogP contribution in [-0.2, 0) is 19.0 Å². The van der Waals surface area contributed by atoms with Crippen molar-refractivity contribution >= 4 is 11.9 Å².